The maximum atomic E-state index is 5.40. The molecule has 1 unspecified atom stereocenters. The largest absolute Gasteiger partial charge is 0.496 e. The van der Waals surface area contributed by atoms with Crippen molar-refractivity contribution in [3.63, 3.8) is 0 Å². The summed E-state index contributed by atoms with van der Waals surface area (Å²) < 4.78 is 10.8. The minimum Gasteiger partial charge on any atom is -0.496 e. The third-order valence-electron chi connectivity index (χ3n) is 3.15. The number of hydrogen-bond acceptors (Lipinski definition) is 3. The van der Waals surface area contributed by atoms with E-state index in [-0.39, 0.29) is 5.60 Å². The van der Waals surface area contributed by atoms with Gasteiger partial charge in [-0.1, -0.05) is 18.2 Å². The molecule has 0 aliphatic carbocycles. The van der Waals surface area contributed by atoms with Crippen LogP contribution in [0.4, 0.5) is 0 Å². The van der Waals surface area contributed by atoms with Crippen LogP contribution in [0.25, 0.3) is 0 Å². The first-order valence-electron chi connectivity index (χ1n) is 6.39. The van der Waals surface area contributed by atoms with Crippen molar-refractivity contribution in [2.24, 2.45) is 0 Å². The van der Waals surface area contributed by atoms with Gasteiger partial charge in [-0.3, -0.25) is 0 Å². The van der Waals surface area contributed by atoms with Crippen molar-refractivity contribution in [2.45, 2.75) is 38.8 Å². The maximum absolute atomic E-state index is 5.40. The van der Waals surface area contributed by atoms with E-state index in [2.05, 4.69) is 32.2 Å². The second kappa shape index (κ2) is 6.76. The van der Waals surface area contributed by atoms with Gasteiger partial charge in [-0.2, -0.15) is 0 Å². The highest BCUT2D eigenvalue weighted by molar-refractivity contribution is 5.33. The molecular weight excluding hydrogens is 226 g/mol. The molecule has 0 heterocycles. The molecule has 0 saturated carbocycles. The lowest BCUT2D eigenvalue weighted by Crippen LogP contribution is -2.41. The Morgan fingerprint density at radius 1 is 1.22 bits per heavy atom. The van der Waals surface area contributed by atoms with Crippen LogP contribution in [0, 0.1) is 0 Å². The van der Waals surface area contributed by atoms with Crippen molar-refractivity contribution in [1.29, 1.82) is 0 Å². The standard InChI is InChI=1S/C15H25NO2/c1-12(16-11-15(2,3)18-5)10-13-8-6-7-9-14(13)17-4/h6-9,12,16H,10-11H2,1-5H3. The highest BCUT2D eigenvalue weighted by atomic mass is 16.5. The van der Waals surface area contributed by atoms with Crippen LogP contribution in [0.3, 0.4) is 0 Å². The van der Waals surface area contributed by atoms with Crippen LogP contribution in [0.15, 0.2) is 24.3 Å². The van der Waals surface area contributed by atoms with Crippen molar-refractivity contribution in [3.05, 3.63) is 29.8 Å². The lowest BCUT2D eigenvalue weighted by molar-refractivity contribution is 0.0214. The summed E-state index contributed by atoms with van der Waals surface area (Å²) in [5.74, 6) is 0.956. The molecule has 0 aromatic heterocycles. The van der Waals surface area contributed by atoms with Gasteiger partial charge in [0.2, 0.25) is 0 Å². The molecule has 0 saturated heterocycles. The lowest BCUT2D eigenvalue weighted by atomic mass is 10.0. The van der Waals surface area contributed by atoms with Gasteiger partial charge in [0.15, 0.2) is 0 Å². The third kappa shape index (κ3) is 4.67. The monoisotopic (exact) mass is 251 g/mol. The molecule has 18 heavy (non-hydrogen) atoms. The average molecular weight is 251 g/mol. The first kappa shape index (κ1) is 15.0. The Labute approximate surface area is 110 Å². The van der Waals surface area contributed by atoms with Crippen LogP contribution >= 0.6 is 0 Å². The molecule has 1 N–H and O–H groups in total. The first-order valence-corrected chi connectivity index (χ1v) is 6.39. The Kier molecular flexibility index (Phi) is 5.63. The number of para-hydroxylation sites is 1. The Morgan fingerprint density at radius 3 is 2.50 bits per heavy atom. The second-order valence-electron chi connectivity index (χ2n) is 5.26. The van der Waals surface area contributed by atoms with E-state index in [1.54, 1.807) is 14.2 Å². The number of methoxy groups -OCH3 is 2. The number of ether oxygens (including phenoxy) is 2. The van der Waals surface area contributed by atoms with E-state index in [0.29, 0.717) is 6.04 Å². The van der Waals surface area contributed by atoms with Gasteiger partial charge in [-0.25, -0.2) is 0 Å². The summed E-state index contributed by atoms with van der Waals surface area (Å²) in [4.78, 5) is 0. The van der Waals surface area contributed by atoms with E-state index in [1.807, 2.05) is 18.2 Å². The number of hydrogen-bond donors (Lipinski definition) is 1. The van der Waals surface area contributed by atoms with Gasteiger partial charge in [-0.15, -0.1) is 0 Å². The number of nitrogens with one attached hydrogen (secondary N) is 1. The van der Waals surface area contributed by atoms with E-state index in [9.17, 15) is 0 Å². The zero-order chi connectivity index (χ0) is 13.6. The van der Waals surface area contributed by atoms with E-state index >= 15 is 0 Å². The van der Waals surface area contributed by atoms with Gasteiger partial charge < -0.3 is 14.8 Å². The maximum Gasteiger partial charge on any atom is 0.122 e. The van der Waals surface area contributed by atoms with Crippen molar-refractivity contribution >= 4 is 0 Å². The number of rotatable bonds is 7. The Bertz CT molecular complexity index is 363. The lowest BCUT2D eigenvalue weighted by Gasteiger charge is -2.26. The van der Waals surface area contributed by atoms with Crippen molar-refractivity contribution in [1.82, 2.24) is 5.32 Å². The average Bonchev–Trinajstić information content (AvgIpc) is 2.37. The molecule has 1 aromatic rings. The van der Waals surface area contributed by atoms with Crippen molar-refractivity contribution in [2.75, 3.05) is 20.8 Å². The Morgan fingerprint density at radius 2 is 1.89 bits per heavy atom. The van der Waals surface area contributed by atoms with Gasteiger partial charge in [0.05, 0.1) is 12.7 Å². The normalized spacial score (nSPS) is 13.4. The van der Waals surface area contributed by atoms with Crippen LogP contribution in [-0.2, 0) is 11.2 Å². The second-order valence-corrected chi connectivity index (χ2v) is 5.26. The molecule has 3 heteroatoms. The predicted molar refractivity (Wildman–Crippen MR) is 75.3 cm³/mol. The van der Waals surface area contributed by atoms with Gasteiger partial charge in [0.25, 0.3) is 0 Å². The smallest absolute Gasteiger partial charge is 0.122 e. The first-order chi connectivity index (χ1) is 8.48. The molecule has 1 rings (SSSR count). The molecule has 102 valence electrons. The van der Waals surface area contributed by atoms with E-state index in [0.717, 1.165) is 18.7 Å². The zero-order valence-electron chi connectivity index (χ0n) is 12.1. The molecule has 0 aliphatic rings. The molecule has 3 nitrogen and oxygen atoms in total. The van der Waals surface area contributed by atoms with Gasteiger partial charge in [-0.05, 0) is 38.8 Å². The fourth-order valence-electron chi connectivity index (χ4n) is 1.77. The van der Waals surface area contributed by atoms with E-state index in [1.165, 1.54) is 5.56 Å². The molecule has 0 aliphatic heterocycles. The molecule has 0 amide bonds. The minimum absolute atomic E-state index is 0.130. The van der Waals surface area contributed by atoms with Gasteiger partial charge in [0.1, 0.15) is 5.75 Å². The van der Waals surface area contributed by atoms with Crippen LogP contribution in [0.2, 0.25) is 0 Å². The molecule has 1 atom stereocenters. The van der Waals surface area contributed by atoms with E-state index < -0.39 is 0 Å². The van der Waals surface area contributed by atoms with Gasteiger partial charge in [0, 0.05) is 19.7 Å². The SMILES string of the molecule is COc1ccccc1CC(C)NCC(C)(C)OC. The quantitative estimate of drug-likeness (QED) is 0.808. The molecule has 0 bridgehead atoms. The van der Waals surface area contributed by atoms with E-state index in [4.69, 9.17) is 9.47 Å². The zero-order valence-corrected chi connectivity index (χ0v) is 12.1. The predicted octanol–water partition coefficient (Wildman–Crippen LogP) is 2.64. The van der Waals surface area contributed by atoms with Crippen LogP contribution in [0.5, 0.6) is 5.75 Å². The highest BCUT2D eigenvalue weighted by Gasteiger charge is 2.17. The van der Waals surface area contributed by atoms with Crippen LogP contribution in [0.1, 0.15) is 26.3 Å². The molecular formula is C15H25NO2. The summed E-state index contributed by atoms with van der Waals surface area (Å²) in [7, 11) is 3.46. The summed E-state index contributed by atoms with van der Waals surface area (Å²) >= 11 is 0. The summed E-state index contributed by atoms with van der Waals surface area (Å²) in [6, 6.07) is 8.54. The summed E-state index contributed by atoms with van der Waals surface area (Å²) in [6.45, 7) is 7.17. The van der Waals surface area contributed by atoms with Gasteiger partial charge >= 0.3 is 0 Å². The molecule has 1 aromatic carbocycles. The summed E-state index contributed by atoms with van der Waals surface area (Å²) in [5.41, 5.74) is 1.10. The Hall–Kier alpha value is -1.06. The molecule has 0 fully saturated rings. The topological polar surface area (TPSA) is 30.5 Å². The fourth-order valence-corrected chi connectivity index (χ4v) is 1.77. The summed E-state index contributed by atoms with van der Waals surface area (Å²) in [6.07, 6.45) is 0.948. The Balaban J connectivity index is 2.52. The minimum atomic E-state index is -0.130. The van der Waals surface area contributed by atoms with Crippen LogP contribution in [-0.4, -0.2) is 32.4 Å². The molecule has 0 radical (unpaired) electrons. The third-order valence-corrected chi connectivity index (χ3v) is 3.15. The number of benzene rings is 1. The summed E-state index contributed by atoms with van der Waals surface area (Å²) in [5, 5.41) is 3.49. The molecule has 0 spiro atoms. The highest BCUT2D eigenvalue weighted by Crippen LogP contribution is 2.19. The fraction of sp³-hybridized carbons (Fsp3) is 0.600. The van der Waals surface area contributed by atoms with Crippen LogP contribution < -0.4 is 10.1 Å². The van der Waals surface area contributed by atoms with Crippen molar-refractivity contribution in [3.8, 4) is 5.75 Å². The van der Waals surface area contributed by atoms with Crippen molar-refractivity contribution < 1.29 is 9.47 Å².